The number of aryl methyl sites for hydroxylation is 1. The van der Waals surface area contributed by atoms with Crippen LogP contribution in [0.1, 0.15) is 10.4 Å². The number of rotatable bonds is 7. The molecule has 0 unspecified atom stereocenters. The van der Waals surface area contributed by atoms with E-state index >= 15 is 0 Å². The predicted octanol–water partition coefficient (Wildman–Crippen LogP) is 2.65. The lowest BCUT2D eigenvalue weighted by Gasteiger charge is -2.11. The van der Waals surface area contributed by atoms with Gasteiger partial charge in [-0.2, -0.15) is 5.10 Å². The zero-order chi connectivity index (χ0) is 21.8. The second-order valence-electron chi connectivity index (χ2n) is 7.50. The van der Waals surface area contributed by atoms with Gasteiger partial charge in [0.25, 0.3) is 5.91 Å². The van der Waals surface area contributed by atoms with Crippen LogP contribution in [-0.2, 0) is 7.05 Å². The molecule has 4 aromatic heterocycles. The molecule has 0 saturated heterocycles. The van der Waals surface area contributed by atoms with Crippen molar-refractivity contribution in [3.63, 3.8) is 0 Å². The molecule has 0 radical (unpaired) electrons. The highest BCUT2D eigenvalue weighted by Gasteiger charge is 2.10. The Balaban J connectivity index is 1.50. The molecule has 0 bridgehead atoms. The highest BCUT2D eigenvalue weighted by Crippen LogP contribution is 2.23. The third kappa shape index (κ3) is 5.01. The summed E-state index contributed by atoms with van der Waals surface area (Å²) >= 11 is 0. The van der Waals surface area contributed by atoms with Crippen LogP contribution < -0.4 is 10.6 Å². The van der Waals surface area contributed by atoms with Gasteiger partial charge >= 0.3 is 0 Å². The lowest BCUT2D eigenvalue weighted by molar-refractivity contribution is 0.102. The Morgan fingerprint density at radius 3 is 2.68 bits per heavy atom. The van der Waals surface area contributed by atoms with Crippen molar-refractivity contribution >= 4 is 28.4 Å². The summed E-state index contributed by atoms with van der Waals surface area (Å²) in [6.45, 7) is 1.61. The molecule has 0 aromatic carbocycles. The molecular formula is C22H24N8O. The zero-order valence-electron chi connectivity index (χ0n) is 17.7. The van der Waals surface area contributed by atoms with E-state index in [1.165, 1.54) is 0 Å². The van der Waals surface area contributed by atoms with Crippen molar-refractivity contribution in [3.8, 4) is 11.1 Å². The highest BCUT2D eigenvalue weighted by molar-refractivity contribution is 6.04. The Morgan fingerprint density at radius 2 is 1.90 bits per heavy atom. The van der Waals surface area contributed by atoms with Crippen molar-refractivity contribution in [2.24, 2.45) is 7.05 Å². The van der Waals surface area contributed by atoms with Gasteiger partial charge in [-0.05, 0) is 38.4 Å². The summed E-state index contributed by atoms with van der Waals surface area (Å²) in [5.41, 5.74) is 3.19. The van der Waals surface area contributed by atoms with Crippen LogP contribution >= 0.6 is 0 Å². The quantitative estimate of drug-likeness (QED) is 0.478. The Morgan fingerprint density at radius 1 is 1.03 bits per heavy atom. The van der Waals surface area contributed by atoms with Crippen molar-refractivity contribution in [1.82, 2.24) is 29.6 Å². The molecule has 0 aliphatic heterocycles. The molecule has 4 rings (SSSR count). The molecule has 4 aromatic rings. The molecule has 0 aliphatic rings. The number of likely N-dealkylation sites (N-methyl/N-ethyl adjacent to an activating group) is 1. The molecule has 0 fully saturated rings. The van der Waals surface area contributed by atoms with Crippen LogP contribution in [0.5, 0.6) is 0 Å². The van der Waals surface area contributed by atoms with E-state index in [9.17, 15) is 4.79 Å². The number of hydrogen-bond acceptors (Lipinski definition) is 7. The van der Waals surface area contributed by atoms with Gasteiger partial charge in [0.1, 0.15) is 11.6 Å². The summed E-state index contributed by atoms with van der Waals surface area (Å²) in [5, 5.41) is 11.2. The number of carbonyl (C=O) groups excluding carboxylic acids is 1. The van der Waals surface area contributed by atoms with Crippen molar-refractivity contribution < 1.29 is 4.79 Å². The van der Waals surface area contributed by atoms with E-state index in [2.05, 4.69) is 35.6 Å². The molecule has 158 valence electrons. The summed E-state index contributed by atoms with van der Waals surface area (Å²) < 4.78 is 1.75. The molecular weight excluding hydrogens is 392 g/mol. The first kappa shape index (κ1) is 20.4. The maximum absolute atomic E-state index is 12.7. The number of anilines is 2. The highest BCUT2D eigenvalue weighted by atomic mass is 16.1. The second-order valence-corrected chi connectivity index (χ2v) is 7.50. The average molecular weight is 416 g/mol. The first-order valence-corrected chi connectivity index (χ1v) is 9.89. The van der Waals surface area contributed by atoms with E-state index in [1.807, 2.05) is 39.5 Å². The minimum atomic E-state index is -0.249. The number of pyridine rings is 3. The van der Waals surface area contributed by atoms with Crippen LogP contribution in [-0.4, -0.2) is 62.7 Å². The minimum absolute atomic E-state index is 0.249. The van der Waals surface area contributed by atoms with Crippen LogP contribution in [0.2, 0.25) is 0 Å². The Labute approximate surface area is 180 Å². The number of nitrogens with zero attached hydrogens (tertiary/aromatic N) is 6. The Bertz CT molecular complexity index is 1220. The van der Waals surface area contributed by atoms with Crippen molar-refractivity contribution in [3.05, 3.63) is 60.8 Å². The first-order valence-electron chi connectivity index (χ1n) is 9.89. The van der Waals surface area contributed by atoms with Gasteiger partial charge in [0.2, 0.25) is 0 Å². The third-order valence-corrected chi connectivity index (χ3v) is 4.73. The van der Waals surface area contributed by atoms with Crippen LogP contribution in [0.4, 0.5) is 11.6 Å². The Kier molecular flexibility index (Phi) is 5.85. The number of hydrogen-bond donors (Lipinski definition) is 2. The summed E-state index contributed by atoms with van der Waals surface area (Å²) in [6.07, 6.45) is 8.78. The lowest BCUT2D eigenvalue weighted by Crippen LogP contribution is -2.21. The maximum atomic E-state index is 12.7. The fraction of sp³-hybridized carbons (Fsp3) is 0.227. The molecule has 0 spiro atoms. The van der Waals surface area contributed by atoms with Crippen molar-refractivity contribution in [1.29, 1.82) is 0 Å². The number of amides is 1. The van der Waals surface area contributed by atoms with E-state index in [1.54, 1.807) is 41.6 Å². The fourth-order valence-electron chi connectivity index (χ4n) is 3.09. The summed E-state index contributed by atoms with van der Waals surface area (Å²) in [5.74, 6) is 0.870. The van der Waals surface area contributed by atoms with E-state index in [0.717, 1.165) is 35.1 Å². The second kappa shape index (κ2) is 8.88. The summed E-state index contributed by atoms with van der Waals surface area (Å²) in [4.78, 5) is 27.9. The van der Waals surface area contributed by atoms with Crippen LogP contribution in [0.15, 0.2) is 55.2 Å². The number of fused-ring (bicyclic) bond motifs is 1. The molecule has 9 nitrogen and oxygen atoms in total. The molecule has 31 heavy (non-hydrogen) atoms. The minimum Gasteiger partial charge on any atom is -0.369 e. The smallest absolute Gasteiger partial charge is 0.257 e. The summed E-state index contributed by atoms with van der Waals surface area (Å²) in [7, 11) is 5.88. The van der Waals surface area contributed by atoms with Gasteiger partial charge in [-0.25, -0.2) is 9.97 Å². The van der Waals surface area contributed by atoms with Crippen molar-refractivity contribution in [2.75, 3.05) is 37.8 Å². The van der Waals surface area contributed by atoms with Crippen molar-refractivity contribution in [2.45, 2.75) is 0 Å². The van der Waals surface area contributed by atoms with Crippen LogP contribution in [0, 0.1) is 0 Å². The molecule has 0 saturated carbocycles. The molecule has 9 heteroatoms. The first-order chi connectivity index (χ1) is 15.0. The zero-order valence-corrected chi connectivity index (χ0v) is 17.7. The molecule has 4 heterocycles. The van der Waals surface area contributed by atoms with E-state index in [0.29, 0.717) is 17.2 Å². The number of nitrogens with one attached hydrogen (secondary N) is 2. The third-order valence-electron chi connectivity index (χ3n) is 4.73. The van der Waals surface area contributed by atoms with E-state index in [-0.39, 0.29) is 5.91 Å². The van der Waals surface area contributed by atoms with Gasteiger partial charge in [-0.3, -0.25) is 14.5 Å². The maximum Gasteiger partial charge on any atom is 0.257 e. The molecule has 1 amide bonds. The Hall–Kier alpha value is -3.85. The van der Waals surface area contributed by atoms with E-state index < -0.39 is 0 Å². The van der Waals surface area contributed by atoms with Crippen LogP contribution in [0.25, 0.3) is 22.0 Å². The molecule has 0 atom stereocenters. The van der Waals surface area contributed by atoms with Gasteiger partial charge in [-0.1, -0.05) is 0 Å². The number of aromatic nitrogens is 5. The monoisotopic (exact) mass is 416 g/mol. The average Bonchev–Trinajstić information content (AvgIpc) is 3.19. The van der Waals surface area contributed by atoms with Gasteiger partial charge in [-0.15, -0.1) is 0 Å². The topological polar surface area (TPSA) is 101 Å². The molecule has 0 aliphatic carbocycles. The number of carbonyl (C=O) groups is 1. The van der Waals surface area contributed by atoms with E-state index in [4.69, 9.17) is 0 Å². The molecule has 2 N–H and O–H groups in total. The predicted molar refractivity (Wildman–Crippen MR) is 121 cm³/mol. The SMILES string of the molecule is CN(C)CCNc1cc(C(=O)Nc2cc3cc(-c4cnn(C)c4)cnc3cn2)ccn1. The lowest BCUT2D eigenvalue weighted by atomic mass is 10.1. The normalized spacial score (nSPS) is 11.1. The van der Waals surface area contributed by atoms with Crippen LogP contribution in [0.3, 0.4) is 0 Å². The van der Waals surface area contributed by atoms with Gasteiger partial charge in [0.05, 0.1) is 17.9 Å². The van der Waals surface area contributed by atoms with Gasteiger partial charge in [0.15, 0.2) is 0 Å². The summed E-state index contributed by atoms with van der Waals surface area (Å²) in [6, 6.07) is 7.23. The standard InChI is InChI=1S/C22H24N8O/c1-29(2)7-6-24-20-9-15(4-5-23-20)22(31)28-21-10-16-8-17(11-25-19(16)13-26-21)18-12-27-30(3)14-18/h4-5,8-14H,6-7H2,1-3H3,(H,23,24)(H,26,28,31). The van der Waals surface area contributed by atoms with Gasteiger partial charge in [0, 0.05) is 60.8 Å². The van der Waals surface area contributed by atoms with Gasteiger partial charge < -0.3 is 15.5 Å². The largest absolute Gasteiger partial charge is 0.369 e. The fourth-order valence-corrected chi connectivity index (χ4v) is 3.09.